The van der Waals surface area contributed by atoms with E-state index < -0.39 is 9.84 Å². The molecule has 1 N–H and O–H groups in total. The molecule has 0 spiro atoms. The predicted molar refractivity (Wildman–Crippen MR) is 78.6 cm³/mol. The highest BCUT2D eigenvalue weighted by molar-refractivity contribution is 7.92. The van der Waals surface area contributed by atoms with E-state index in [2.05, 4.69) is 11.4 Å². The molecule has 1 heterocycles. The molecule has 4 heteroatoms. The summed E-state index contributed by atoms with van der Waals surface area (Å²) < 4.78 is 25.2. The van der Waals surface area contributed by atoms with Gasteiger partial charge in [-0.3, -0.25) is 0 Å². The third-order valence-electron chi connectivity index (χ3n) is 5.02. The number of fused-ring (bicyclic) bond motifs is 2. The van der Waals surface area contributed by atoms with E-state index in [9.17, 15) is 8.42 Å². The van der Waals surface area contributed by atoms with Gasteiger partial charge in [-0.25, -0.2) is 8.42 Å². The molecule has 20 heavy (non-hydrogen) atoms. The topological polar surface area (TPSA) is 46.2 Å². The first-order valence-electron chi connectivity index (χ1n) is 7.71. The Kier molecular flexibility index (Phi) is 2.77. The van der Waals surface area contributed by atoms with Crippen LogP contribution in [0.15, 0.2) is 17.0 Å². The molecule has 2 atom stereocenters. The maximum absolute atomic E-state index is 12.6. The number of aryl methyl sites for hydroxylation is 2. The Balaban J connectivity index is 1.85. The molecule has 0 saturated heterocycles. The minimum absolute atomic E-state index is 0.224. The third-order valence-corrected chi connectivity index (χ3v) is 7.24. The highest BCUT2D eigenvalue weighted by Gasteiger charge is 2.39. The van der Waals surface area contributed by atoms with Crippen molar-refractivity contribution in [2.45, 2.75) is 67.7 Å². The van der Waals surface area contributed by atoms with E-state index in [4.69, 9.17) is 0 Å². The fourth-order valence-corrected chi connectivity index (χ4v) is 5.35. The summed E-state index contributed by atoms with van der Waals surface area (Å²) >= 11 is 0. The van der Waals surface area contributed by atoms with Gasteiger partial charge in [-0.05, 0) is 68.2 Å². The van der Waals surface area contributed by atoms with Gasteiger partial charge in [0.2, 0.25) is 0 Å². The van der Waals surface area contributed by atoms with E-state index in [0.717, 1.165) is 24.8 Å². The second-order valence-electron chi connectivity index (χ2n) is 6.60. The summed E-state index contributed by atoms with van der Waals surface area (Å²) in [6.45, 7) is 1.85. The number of rotatable bonds is 2. The fraction of sp³-hybridized carbons (Fsp3) is 0.625. The molecule has 2 unspecified atom stereocenters. The molecule has 1 saturated carbocycles. The summed E-state index contributed by atoms with van der Waals surface area (Å²) in [6, 6.07) is 4.99. The average Bonchev–Trinajstić information content (AvgIpc) is 3.10. The minimum Gasteiger partial charge on any atom is -0.307 e. The van der Waals surface area contributed by atoms with E-state index in [1.165, 1.54) is 24.0 Å². The molecule has 1 aromatic carbocycles. The Morgan fingerprint density at radius 2 is 1.85 bits per heavy atom. The van der Waals surface area contributed by atoms with Crippen LogP contribution >= 0.6 is 0 Å². The predicted octanol–water partition coefficient (Wildman–Crippen LogP) is 2.53. The van der Waals surface area contributed by atoms with E-state index in [1.807, 2.05) is 13.0 Å². The molecular formula is C16H21NO2S. The summed E-state index contributed by atoms with van der Waals surface area (Å²) in [5.74, 6) is 0. The maximum atomic E-state index is 12.6. The van der Waals surface area contributed by atoms with E-state index in [-0.39, 0.29) is 11.3 Å². The van der Waals surface area contributed by atoms with Crippen LogP contribution in [0.2, 0.25) is 0 Å². The fourth-order valence-electron chi connectivity index (χ4n) is 3.63. The highest BCUT2D eigenvalue weighted by atomic mass is 32.2. The summed E-state index contributed by atoms with van der Waals surface area (Å²) in [5, 5.41) is 3.37. The first kappa shape index (κ1) is 12.8. The lowest BCUT2D eigenvalue weighted by Crippen LogP contribution is -2.35. The van der Waals surface area contributed by atoms with Crippen LogP contribution in [0.4, 0.5) is 0 Å². The zero-order chi connectivity index (χ0) is 13.9. The number of nitrogens with one attached hydrogen (secondary N) is 1. The third kappa shape index (κ3) is 1.92. The molecule has 0 aromatic heterocycles. The van der Waals surface area contributed by atoms with Crippen LogP contribution in [-0.2, 0) is 22.7 Å². The number of benzene rings is 1. The van der Waals surface area contributed by atoms with Crippen molar-refractivity contribution < 1.29 is 8.42 Å². The molecule has 3 aliphatic rings. The van der Waals surface area contributed by atoms with Gasteiger partial charge in [0.15, 0.2) is 9.84 Å². The Morgan fingerprint density at radius 1 is 1.15 bits per heavy atom. The van der Waals surface area contributed by atoms with Crippen molar-refractivity contribution >= 4 is 9.84 Å². The smallest absolute Gasteiger partial charge is 0.181 e. The maximum Gasteiger partial charge on any atom is 0.181 e. The van der Waals surface area contributed by atoms with Crippen LogP contribution in [0.5, 0.6) is 0 Å². The van der Waals surface area contributed by atoms with E-state index in [1.54, 1.807) is 0 Å². The lowest BCUT2D eigenvalue weighted by Gasteiger charge is -2.31. The quantitative estimate of drug-likeness (QED) is 0.911. The summed E-state index contributed by atoms with van der Waals surface area (Å²) in [6.07, 6.45) is 6.48. The first-order valence-corrected chi connectivity index (χ1v) is 9.26. The van der Waals surface area contributed by atoms with Gasteiger partial charge in [0, 0.05) is 12.1 Å². The standard InChI is InChI=1S/C16H21NO2S/c1-10-7-15(17-13-5-6-13)14-8-11-3-2-4-12(11)9-16(14)20(10,18)19/h8-10,13,15,17H,2-7H2,1H3. The Hall–Kier alpha value is -0.870. The SMILES string of the molecule is CC1CC(NC2CC2)c2cc3c(cc2S1(=O)=O)CCC3. The van der Waals surface area contributed by atoms with Crippen molar-refractivity contribution in [3.8, 4) is 0 Å². The van der Waals surface area contributed by atoms with Crippen LogP contribution in [-0.4, -0.2) is 19.7 Å². The number of sulfone groups is 1. The van der Waals surface area contributed by atoms with Gasteiger partial charge >= 0.3 is 0 Å². The van der Waals surface area contributed by atoms with Crippen LogP contribution in [0.3, 0.4) is 0 Å². The molecule has 1 aromatic rings. The van der Waals surface area contributed by atoms with Crippen LogP contribution < -0.4 is 5.32 Å². The van der Waals surface area contributed by atoms with Gasteiger partial charge in [-0.15, -0.1) is 0 Å². The molecule has 0 radical (unpaired) electrons. The zero-order valence-electron chi connectivity index (χ0n) is 11.9. The van der Waals surface area contributed by atoms with Crippen LogP contribution in [0, 0.1) is 0 Å². The van der Waals surface area contributed by atoms with Crippen LogP contribution in [0.25, 0.3) is 0 Å². The normalized spacial score (nSPS) is 30.9. The van der Waals surface area contributed by atoms with Gasteiger partial charge in [0.25, 0.3) is 0 Å². The second kappa shape index (κ2) is 4.31. The highest BCUT2D eigenvalue weighted by Crippen LogP contribution is 2.41. The lowest BCUT2D eigenvalue weighted by atomic mass is 9.97. The summed E-state index contributed by atoms with van der Waals surface area (Å²) in [5.41, 5.74) is 3.67. The van der Waals surface area contributed by atoms with Gasteiger partial charge in [0.05, 0.1) is 10.1 Å². The van der Waals surface area contributed by atoms with Gasteiger partial charge in [-0.1, -0.05) is 6.07 Å². The Labute approximate surface area is 120 Å². The van der Waals surface area contributed by atoms with E-state index >= 15 is 0 Å². The Morgan fingerprint density at radius 3 is 2.55 bits per heavy atom. The van der Waals surface area contributed by atoms with Crippen molar-refractivity contribution in [3.05, 3.63) is 28.8 Å². The minimum atomic E-state index is -3.13. The Bertz CT molecular complexity index is 661. The average molecular weight is 291 g/mol. The zero-order valence-corrected chi connectivity index (χ0v) is 12.7. The van der Waals surface area contributed by atoms with Crippen molar-refractivity contribution in [1.82, 2.24) is 5.32 Å². The number of hydrogen-bond acceptors (Lipinski definition) is 3. The first-order chi connectivity index (χ1) is 9.55. The van der Waals surface area contributed by atoms with Crippen molar-refractivity contribution in [2.75, 3.05) is 0 Å². The van der Waals surface area contributed by atoms with Gasteiger partial charge < -0.3 is 5.32 Å². The van der Waals surface area contributed by atoms with Gasteiger partial charge in [-0.2, -0.15) is 0 Å². The molecule has 0 amide bonds. The number of hydrogen-bond donors (Lipinski definition) is 1. The molecular weight excluding hydrogens is 270 g/mol. The molecule has 1 aliphatic heterocycles. The molecule has 0 bridgehead atoms. The molecule has 4 rings (SSSR count). The largest absolute Gasteiger partial charge is 0.307 e. The molecule has 108 valence electrons. The molecule has 3 nitrogen and oxygen atoms in total. The van der Waals surface area contributed by atoms with Crippen LogP contribution in [0.1, 0.15) is 55.3 Å². The molecule has 1 fully saturated rings. The van der Waals surface area contributed by atoms with Crippen molar-refractivity contribution in [3.63, 3.8) is 0 Å². The van der Waals surface area contributed by atoms with E-state index in [0.29, 0.717) is 17.4 Å². The van der Waals surface area contributed by atoms with Gasteiger partial charge in [0.1, 0.15) is 0 Å². The second-order valence-corrected chi connectivity index (χ2v) is 8.93. The van der Waals surface area contributed by atoms with Crippen molar-refractivity contribution in [1.29, 1.82) is 0 Å². The monoisotopic (exact) mass is 291 g/mol. The molecule has 2 aliphatic carbocycles. The summed E-state index contributed by atoms with van der Waals surface area (Å²) in [7, 11) is -3.13. The summed E-state index contributed by atoms with van der Waals surface area (Å²) in [4.78, 5) is 0.607. The van der Waals surface area contributed by atoms with Crippen molar-refractivity contribution in [2.24, 2.45) is 0 Å². The lowest BCUT2D eigenvalue weighted by molar-refractivity contribution is 0.460.